The van der Waals surface area contributed by atoms with Gasteiger partial charge in [0.25, 0.3) is 5.91 Å². The summed E-state index contributed by atoms with van der Waals surface area (Å²) in [7, 11) is 0. The molecule has 10 heteroatoms. The maximum absolute atomic E-state index is 11.9. The number of nitrogens with zero attached hydrogens (tertiary/aromatic N) is 2. The zero-order valence-electron chi connectivity index (χ0n) is 14.5. The molecule has 144 valence electrons. The number of halogens is 1. The zero-order valence-corrected chi connectivity index (χ0v) is 18.6. The molecule has 0 bridgehead atoms. The molecule has 1 amide bonds. The van der Waals surface area contributed by atoms with E-state index in [1.165, 1.54) is 4.90 Å². The number of carbonyl (C=O) groups excluding carboxylic acids is 1. The van der Waals surface area contributed by atoms with Crippen molar-refractivity contribution in [2.24, 2.45) is 0 Å². The highest BCUT2D eigenvalue weighted by Gasteiger charge is 2.08. The van der Waals surface area contributed by atoms with E-state index in [1.807, 2.05) is 24.3 Å². The Morgan fingerprint density at radius 1 is 1.14 bits per heavy atom. The van der Waals surface area contributed by atoms with Crippen molar-refractivity contribution in [1.82, 2.24) is 14.9 Å². The summed E-state index contributed by atoms with van der Waals surface area (Å²) in [6, 6.07) is 15.5. The van der Waals surface area contributed by atoms with E-state index in [-0.39, 0.29) is 5.91 Å². The van der Waals surface area contributed by atoms with Crippen molar-refractivity contribution >= 4 is 73.8 Å². The fraction of sp³-hybridized carbons (Fsp3) is 0.111. The van der Waals surface area contributed by atoms with Gasteiger partial charge in [-0.1, -0.05) is 26.5 Å². The minimum absolute atomic E-state index is 0.283. The van der Waals surface area contributed by atoms with Crippen molar-refractivity contribution in [3.63, 3.8) is 0 Å². The molecule has 2 aromatic carbocycles. The molecule has 1 aromatic heterocycles. The van der Waals surface area contributed by atoms with Crippen LogP contribution in [0.4, 0.5) is 11.4 Å². The van der Waals surface area contributed by atoms with Crippen molar-refractivity contribution in [1.29, 1.82) is 0 Å². The van der Waals surface area contributed by atoms with Gasteiger partial charge in [0, 0.05) is 38.4 Å². The highest BCUT2D eigenvalue weighted by Crippen LogP contribution is 2.21. The van der Waals surface area contributed by atoms with Crippen LogP contribution in [0, 0.1) is 0 Å². The summed E-state index contributed by atoms with van der Waals surface area (Å²) in [5, 5.41) is 15.0. The number of hydrogen-bond acceptors (Lipinski definition) is 6. The maximum atomic E-state index is 11.9. The van der Waals surface area contributed by atoms with Crippen LogP contribution in [0.1, 0.15) is 10.5 Å². The van der Waals surface area contributed by atoms with Gasteiger partial charge in [-0.25, -0.2) is 0 Å². The van der Waals surface area contributed by atoms with Crippen LogP contribution < -0.4 is 16.0 Å². The second-order valence-corrected chi connectivity index (χ2v) is 8.61. The lowest BCUT2D eigenvalue weighted by atomic mass is 10.2. The minimum atomic E-state index is -0.283. The van der Waals surface area contributed by atoms with Crippen molar-refractivity contribution < 1.29 is 4.79 Å². The quantitative estimate of drug-likeness (QED) is 0.251. The molecule has 28 heavy (non-hydrogen) atoms. The lowest BCUT2D eigenvalue weighted by Gasteiger charge is -2.11. The number of thiocarbonyl (C=S) groups is 1. The van der Waals surface area contributed by atoms with Crippen LogP contribution in [0.2, 0.25) is 0 Å². The number of anilines is 2. The number of benzene rings is 2. The molecule has 6 nitrogen and oxygen atoms in total. The summed E-state index contributed by atoms with van der Waals surface area (Å²) >= 11 is 11.7. The van der Waals surface area contributed by atoms with Gasteiger partial charge in [0.05, 0.1) is 0 Å². The topological polar surface area (TPSA) is 78.9 Å². The fourth-order valence-electron chi connectivity index (χ4n) is 2.16. The van der Waals surface area contributed by atoms with Crippen molar-refractivity contribution in [3.8, 4) is 0 Å². The van der Waals surface area contributed by atoms with Gasteiger partial charge >= 0.3 is 0 Å². The molecule has 0 radical (unpaired) electrons. The second-order valence-electron chi connectivity index (χ2n) is 5.51. The van der Waals surface area contributed by atoms with E-state index in [9.17, 15) is 4.79 Å². The molecule has 0 unspecified atom stereocenters. The van der Waals surface area contributed by atoms with Crippen LogP contribution in [0.15, 0.2) is 63.3 Å². The molecule has 3 N–H and O–H groups in total. The monoisotopic (exact) mass is 493 g/mol. The summed E-state index contributed by atoms with van der Waals surface area (Å²) in [5.41, 5.74) is 1.82. The van der Waals surface area contributed by atoms with E-state index in [1.54, 1.807) is 29.3 Å². The molecular formula is C18H16BrN5OS3. The number of thioether (sulfide) groups is 1. The minimum Gasteiger partial charge on any atom is -0.362 e. The largest absolute Gasteiger partial charge is 0.362 e. The van der Waals surface area contributed by atoms with Crippen molar-refractivity contribution in [3.05, 3.63) is 64.1 Å². The number of nitrogens with one attached hydrogen (secondary N) is 3. The van der Waals surface area contributed by atoms with Crippen LogP contribution in [-0.4, -0.2) is 32.9 Å². The molecule has 3 aromatic rings. The molecule has 0 fully saturated rings. The smallest absolute Gasteiger partial charge is 0.277 e. The Hall–Kier alpha value is -2.01. The van der Waals surface area contributed by atoms with Crippen molar-refractivity contribution in [2.45, 2.75) is 4.90 Å². The first-order valence-corrected chi connectivity index (χ1v) is 11.2. The first-order valence-electron chi connectivity index (χ1n) is 8.22. The first kappa shape index (κ1) is 20.7. The molecule has 3 rings (SSSR count). The van der Waals surface area contributed by atoms with Gasteiger partial charge in [-0.3, -0.25) is 4.79 Å². The Kier molecular flexibility index (Phi) is 7.78. The van der Waals surface area contributed by atoms with Gasteiger partial charge in [0.2, 0.25) is 0 Å². The van der Waals surface area contributed by atoms with E-state index >= 15 is 0 Å². The summed E-state index contributed by atoms with van der Waals surface area (Å²) in [5.74, 6) is 0.615. The third-order valence-electron chi connectivity index (χ3n) is 3.45. The summed E-state index contributed by atoms with van der Waals surface area (Å²) in [6.45, 7) is 0.749. The van der Waals surface area contributed by atoms with Crippen LogP contribution in [0.25, 0.3) is 0 Å². The molecule has 0 saturated carbocycles. The number of amides is 1. The Balaban J connectivity index is 1.39. The van der Waals surface area contributed by atoms with E-state index in [0.29, 0.717) is 16.5 Å². The van der Waals surface area contributed by atoms with Crippen molar-refractivity contribution in [2.75, 3.05) is 22.9 Å². The lowest BCUT2D eigenvalue weighted by Crippen LogP contribution is -2.30. The second kappa shape index (κ2) is 10.5. The summed E-state index contributed by atoms with van der Waals surface area (Å²) < 4.78 is 4.75. The Morgan fingerprint density at radius 2 is 1.89 bits per heavy atom. The molecule has 0 atom stereocenters. The van der Waals surface area contributed by atoms with E-state index < -0.39 is 0 Å². The predicted molar refractivity (Wildman–Crippen MR) is 123 cm³/mol. The third-order valence-corrected chi connectivity index (χ3v) is 5.69. The highest BCUT2D eigenvalue weighted by molar-refractivity contribution is 9.10. The molecule has 1 heterocycles. The number of hydrogen-bond donors (Lipinski definition) is 3. The molecule has 0 aliphatic rings. The van der Waals surface area contributed by atoms with E-state index in [2.05, 4.69) is 53.6 Å². The fourth-order valence-corrected chi connectivity index (χ4v) is 4.19. The maximum Gasteiger partial charge on any atom is 0.277 e. The highest BCUT2D eigenvalue weighted by atomic mass is 79.9. The van der Waals surface area contributed by atoms with Gasteiger partial charge in [0.1, 0.15) is 0 Å². The molecule has 0 saturated heterocycles. The lowest BCUT2D eigenvalue weighted by molar-refractivity contribution is 0.102. The molecule has 0 aliphatic heterocycles. The molecular weight excluding hydrogens is 478 g/mol. The molecule has 0 spiro atoms. The standard InChI is InChI=1S/C18H16BrN5OS3/c19-12-2-1-3-15(10-12)27-9-8-20-18(26)22-14-6-4-13(5-7-14)21-17(25)16-11-28-24-23-16/h1-7,10-11H,8-9H2,(H,21,25)(H2,20,22,26). The van der Waals surface area contributed by atoms with Crippen LogP contribution in [0.5, 0.6) is 0 Å². The van der Waals surface area contributed by atoms with Gasteiger partial charge < -0.3 is 16.0 Å². The Labute approximate surface area is 184 Å². The van der Waals surface area contributed by atoms with E-state index in [0.717, 1.165) is 34.0 Å². The number of rotatable bonds is 7. The van der Waals surface area contributed by atoms with E-state index in [4.69, 9.17) is 12.2 Å². The third kappa shape index (κ3) is 6.55. The van der Waals surface area contributed by atoms with Gasteiger partial charge in [-0.05, 0) is 66.2 Å². The average molecular weight is 494 g/mol. The van der Waals surface area contributed by atoms with Crippen LogP contribution in [-0.2, 0) is 0 Å². The first-order chi connectivity index (χ1) is 13.6. The van der Waals surface area contributed by atoms with Gasteiger partial charge in [-0.15, -0.1) is 16.9 Å². The van der Waals surface area contributed by atoms with Gasteiger partial charge in [-0.2, -0.15) is 0 Å². The average Bonchev–Trinajstić information content (AvgIpc) is 3.22. The summed E-state index contributed by atoms with van der Waals surface area (Å²) in [4.78, 5) is 13.2. The Bertz CT molecular complexity index is 935. The van der Waals surface area contributed by atoms with Gasteiger partial charge in [0.15, 0.2) is 10.8 Å². The Morgan fingerprint density at radius 3 is 2.57 bits per heavy atom. The predicted octanol–water partition coefficient (Wildman–Crippen LogP) is 4.63. The molecule has 0 aliphatic carbocycles. The number of aromatic nitrogens is 2. The number of carbonyl (C=O) groups is 1. The van der Waals surface area contributed by atoms with Crippen LogP contribution in [0.3, 0.4) is 0 Å². The zero-order chi connectivity index (χ0) is 19.8. The normalized spacial score (nSPS) is 10.3. The van der Waals surface area contributed by atoms with Crippen LogP contribution >= 0.6 is 51.4 Å². The SMILES string of the molecule is O=C(Nc1ccc(NC(=S)NCCSc2cccc(Br)c2)cc1)c1csnn1. The summed E-state index contributed by atoms with van der Waals surface area (Å²) in [6.07, 6.45) is 0.